The lowest BCUT2D eigenvalue weighted by Crippen LogP contribution is -2.19. The van der Waals surface area contributed by atoms with Crippen LogP contribution in [-0.2, 0) is 10.1 Å². The third-order valence-electron chi connectivity index (χ3n) is 2.34. The van der Waals surface area contributed by atoms with Crippen LogP contribution in [0.3, 0.4) is 0 Å². The van der Waals surface area contributed by atoms with Crippen molar-refractivity contribution in [3.05, 3.63) is 42.0 Å². The van der Waals surface area contributed by atoms with Crippen LogP contribution >= 0.6 is 0 Å². The topological polar surface area (TPSA) is 126 Å². The molecule has 0 spiro atoms. The van der Waals surface area contributed by atoms with Gasteiger partial charge in [-0.1, -0.05) is 6.07 Å². The van der Waals surface area contributed by atoms with E-state index in [1.807, 2.05) is 0 Å². The first kappa shape index (κ1) is 13.9. The number of aromatic hydroxyl groups is 2. The molecule has 3 N–H and O–H groups in total. The second-order valence-electron chi connectivity index (χ2n) is 3.73. The van der Waals surface area contributed by atoms with E-state index in [1.54, 1.807) is 0 Å². The lowest BCUT2D eigenvalue weighted by Gasteiger charge is -2.07. The average Bonchev–Trinajstić information content (AvgIpc) is 2.69. The molecule has 8 nitrogen and oxygen atoms in total. The second-order valence-corrected chi connectivity index (χ2v) is 5.15. The summed E-state index contributed by atoms with van der Waals surface area (Å²) in [7, 11) is -4.45. The molecule has 0 aliphatic carbocycles. The summed E-state index contributed by atoms with van der Waals surface area (Å²) in [4.78, 5) is 15.9. The van der Waals surface area contributed by atoms with Crippen LogP contribution < -0.4 is 4.84 Å². The molecule has 1 aromatic heterocycles. The zero-order valence-electron chi connectivity index (χ0n) is 9.79. The summed E-state index contributed by atoms with van der Waals surface area (Å²) in [5, 5.41) is 18.6. The number of hydrogen-bond acceptors (Lipinski definition) is 6. The van der Waals surface area contributed by atoms with E-state index in [0.29, 0.717) is 4.73 Å². The van der Waals surface area contributed by atoms with Gasteiger partial charge in [-0.25, -0.2) is 4.79 Å². The van der Waals surface area contributed by atoms with Crippen molar-refractivity contribution in [1.29, 1.82) is 0 Å². The van der Waals surface area contributed by atoms with Crippen molar-refractivity contribution in [3.8, 4) is 11.8 Å². The van der Waals surface area contributed by atoms with Gasteiger partial charge in [0.1, 0.15) is 0 Å². The Labute approximate surface area is 113 Å². The Morgan fingerprint density at radius 1 is 1.10 bits per heavy atom. The van der Waals surface area contributed by atoms with Crippen LogP contribution in [-0.4, -0.2) is 33.9 Å². The Morgan fingerprint density at radius 3 is 2.25 bits per heavy atom. The Morgan fingerprint density at radius 2 is 1.70 bits per heavy atom. The highest BCUT2D eigenvalue weighted by Gasteiger charge is 2.17. The van der Waals surface area contributed by atoms with E-state index < -0.39 is 32.7 Å². The number of hydrogen-bond donors (Lipinski definition) is 3. The van der Waals surface area contributed by atoms with E-state index in [1.165, 1.54) is 12.1 Å². The molecule has 0 atom stereocenters. The predicted octanol–water partition coefficient (Wildman–Crippen LogP) is 0.415. The highest BCUT2D eigenvalue weighted by molar-refractivity contribution is 7.85. The number of carbonyl (C=O) groups is 1. The summed E-state index contributed by atoms with van der Waals surface area (Å²) >= 11 is 0. The molecule has 0 unspecified atom stereocenters. The van der Waals surface area contributed by atoms with Gasteiger partial charge in [0.25, 0.3) is 10.1 Å². The fraction of sp³-hybridized carbons (Fsp3) is 0. The van der Waals surface area contributed by atoms with Gasteiger partial charge in [0.2, 0.25) is 11.8 Å². The fourth-order valence-electron chi connectivity index (χ4n) is 1.41. The van der Waals surface area contributed by atoms with Gasteiger partial charge >= 0.3 is 5.97 Å². The van der Waals surface area contributed by atoms with E-state index in [0.717, 1.165) is 24.3 Å². The van der Waals surface area contributed by atoms with Crippen molar-refractivity contribution in [2.45, 2.75) is 4.90 Å². The van der Waals surface area contributed by atoms with Gasteiger partial charge in [0, 0.05) is 12.1 Å². The first-order valence-electron chi connectivity index (χ1n) is 5.19. The average molecular weight is 299 g/mol. The summed E-state index contributed by atoms with van der Waals surface area (Å²) in [6.45, 7) is 0. The van der Waals surface area contributed by atoms with Crippen LogP contribution in [0, 0.1) is 0 Å². The zero-order chi connectivity index (χ0) is 14.9. The van der Waals surface area contributed by atoms with Crippen molar-refractivity contribution < 1.29 is 32.8 Å². The van der Waals surface area contributed by atoms with Crippen LogP contribution in [0.5, 0.6) is 11.8 Å². The minimum absolute atomic E-state index is 0.187. The van der Waals surface area contributed by atoms with E-state index in [2.05, 4.69) is 4.84 Å². The maximum Gasteiger partial charge on any atom is 0.363 e. The molecule has 0 bridgehead atoms. The maximum absolute atomic E-state index is 11.8. The lowest BCUT2D eigenvalue weighted by molar-refractivity contribution is 0.0381. The van der Waals surface area contributed by atoms with Gasteiger partial charge in [0.15, 0.2) is 0 Å². The number of carbonyl (C=O) groups excluding carboxylic acids is 1. The molecule has 2 rings (SSSR count). The molecule has 0 saturated carbocycles. The predicted molar refractivity (Wildman–Crippen MR) is 64.9 cm³/mol. The Kier molecular flexibility index (Phi) is 3.38. The van der Waals surface area contributed by atoms with Gasteiger partial charge in [-0.15, -0.1) is 4.73 Å². The second kappa shape index (κ2) is 4.87. The number of benzene rings is 1. The first-order chi connectivity index (χ1) is 9.29. The smallest absolute Gasteiger partial charge is 0.363 e. The van der Waals surface area contributed by atoms with Crippen LogP contribution in [0.15, 0.2) is 41.3 Å². The molecule has 9 heteroatoms. The number of rotatable bonds is 3. The Balaban J connectivity index is 2.31. The summed E-state index contributed by atoms with van der Waals surface area (Å²) in [6, 6.07) is 6.66. The van der Waals surface area contributed by atoms with Gasteiger partial charge in [-0.3, -0.25) is 4.55 Å². The summed E-state index contributed by atoms with van der Waals surface area (Å²) < 4.78 is 31.2. The standard InChI is InChI=1S/C11H9NO7S/c13-9-4-5-10(14)12(9)19-11(15)7-2-1-3-8(6-7)20(16,17)18/h1-6,13-14H,(H,16,17,18). The third kappa shape index (κ3) is 2.73. The van der Waals surface area contributed by atoms with Crippen LogP contribution in [0.1, 0.15) is 10.4 Å². The molecule has 20 heavy (non-hydrogen) atoms. The van der Waals surface area contributed by atoms with Crippen molar-refractivity contribution >= 4 is 16.1 Å². The molecule has 0 fully saturated rings. The van der Waals surface area contributed by atoms with E-state index >= 15 is 0 Å². The molecule has 2 aromatic rings. The van der Waals surface area contributed by atoms with Crippen molar-refractivity contribution in [2.75, 3.05) is 0 Å². The van der Waals surface area contributed by atoms with Crippen molar-refractivity contribution in [2.24, 2.45) is 0 Å². The minimum atomic E-state index is -4.45. The minimum Gasteiger partial charge on any atom is -0.492 e. The molecule has 0 aliphatic heterocycles. The molecule has 0 aliphatic rings. The molecule has 1 heterocycles. The van der Waals surface area contributed by atoms with Gasteiger partial charge in [-0.2, -0.15) is 8.42 Å². The van der Waals surface area contributed by atoms with Crippen LogP contribution in [0.4, 0.5) is 0 Å². The molecule has 0 radical (unpaired) electrons. The summed E-state index contributed by atoms with van der Waals surface area (Å²) in [5.74, 6) is -2.05. The van der Waals surface area contributed by atoms with Crippen molar-refractivity contribution in [3.63, 3.8) is 0 Å². The van der Waals surface area contributed by atoms with E-state index in [4.69, 9.17) is 4.55 Å². The van der Waals surface area contributed by atoms with Crippen LogP contribution in [0.2, 0.25) is 0 Å². The largest absolute Gasteiger partial charge is 0.492 e. The highest BCUT2D eigenvalue weighted by Crippen LogP contribution is 2.19. The Hall–Kier alpha value is -2.52. The Bertz CT molecular complexity index is 743. The van der Waals surface area contributed by atoms with Crippen molar-refractivity contribution in [1.82, 2.24) is 4.73 Å². The third-order valence-corrected chi connectivity index (χ3v) is 3.19. The highest BCUT2D eigenvalue weighted by atomic mass is 32.2. The number of aromatic nitrogens is 1. The van der Waals surface area contributed by atoms with E-state index in [9.17, 15) is 23.4 Å². The SMILES string of the molecule is O=C(On1c(O)ccc1O)c1cccc(S(=O)(=O)O)c1. The summed E-state index contributed by atoms with van der Waals surface area (Å²) in [6.07, 6.45) is 0. The van der Waals surface area contributed by atoms with Gasteiger partial charge in [-0.05, 0) is 18.2 Å². The van der Waals surface area contributed by atoms with Gasteiger partial charge < -0.3 is 15.1 Å². The molecule has 0 saturated heterocycles. The quantitative estimate of drug-likeness (QED) is 0.701. The molecule has 106 valence electrons. The normalized spacial score (nSPS) is 11.2. The van der Waals surface area contributed by atoms with E-state index in [-0.39, 0.29) is 5.56 Å². The maximum atomic E-state index is 11.8. The lowest BCUT2D eigenvalue weighted by atomic mass is 10.2. The summed E-state index contributed by atoms with van der Waals surface area (Å²) in [5.41, 5.74) is -0.187. The fourth-order valence-corrected chi connectivity index (χ4v) is 1.94. The first-order valence-corrected chi connectivity index (χ1v) is 6.63. The monoisotopic (exact) mass is 299 g/mol. The number of nitrogens with zero attached hydrogens (tertiary/aromatic N) is 1. The molecule has 0 amide bonds. The van der Waals surface area contributed by atoms with Crippen LogP contribution in [0.25, 0.3) is 0 Å². The van der Waals surface area contributed by atoms with Gasteiger partial charge in [0.05, 0.1) is 10.5 Å². The molecule has 1 aromatic carbocycles. The molecular formula is C11H9NO7S. The molecular weight excluding hydrogens is 290 g/mol. The zero-order valence-corrected chi connectivity index (χ0v) is 10.6.